The predicted molar refractivity (Wildman–Crippen MR) is 59.3 cm³/mol. The van der Waals surface area contributed by atoms with E-state index < -0.39 is 11.8 Å². The van der Waals surface area contributed by atoms with E-state index in [1.807, 2.05) is 0 Å². The highest BCUT2D eigenvalue weighted by atomic mass is 19.1. The van der Waals surface area contributed by atoms with Crippen molar-refractivity contribution < 1.29 is 13.9 Å². The fraction of sp³-hybridized carbons (Fsp3) is 0.0909. The normalized spacial score (nSPS) is 10.2. The van der Waals surface area contributed by atoms with Gasteiger partial charge in [-0.15, -0.1) is 0 Å². The maximum atomic E-state index is 13.2. The number of methoxy groups -OCH3 is 1. The van der Waals surface area contributed by atoms with Crippen molar-refractivity contribution in [2.75, 3.05) is 12.8 Å². The standard InChI is InChI=1S/C11H10FN3O2/c1-17-11(16)7-5-14-15(6-7)8-2-3-10(13)9(12)4-8/h2-6H,13H2,1H3. The molecular formula is C11H10FN3O2. The molecule has 2 N–H and O–H groups in total. The van der Waals surface area contributed by atoms with Crippen LogP contribution in [0, 0.1) is 5.82 Å². The molecule has 6 heteroatoms. The smallest absolute Gasteiger partial charge is 0.341 e. The minimum atomic E-state index is -0.530. The summed E-state index contributed by atoms with van der Waals surface area (Å²) < 4.78 is 19.2. The van der Waals surface area contributed by atoms with E-state index in [4.69, 9.17) is 5.73 Å². The predicted octanol–water partition coefficient (Wildman–Crippen LogP) is 1.38. The molecule has 17 heavy (non-hydrogen) atoms. The van der Waals surface area contributed by atoms with Crippen LogP contribution in [0.2, 0.25) is 0 Å². The van der Waals surface area contributed by atoms with Gasteiger partial charge < -0.3 is 10.5 Å². The second-order valence-electron chi connectivity index (χ2n) is 3.37. The Hall–Kier alpha value is -2.37. The number of esters is 1. The second-order valence-corrected chi connectivity index (χ2v) is 3.37. The molecule has 0 saturated heterocycles. The number of ether oxygens (including phenoxy) is 1. The Morgan fingerprint density at radius 2 is 2.29 bits per heavy atom. The molecule has 0 aliphatic rings. The maximum absolute atomic E-state index is 13.2. The summed E-state index contributed by atoms with van der Waals surface area (Å²) in [5.74, 6) is -1.02. The Balaban J connectivity index is 2.37. The van der Waals surface area contributed by atoms with E-state index in [0.29, 0.717) is 11.3 Å². The molecule has 0 fully saturated rings. The number of hydrogen-bond donors (Lipinski definition) is 1. The van der Waals surface area contributed by atoms with Crippen LogP contribution in [-0.4, -0.2) is 22.9 Å². The molecule has 0 atom stereocenters. The highest BCUT2D eigenvalue weighted by Crippen LogP contribution is 2.15. The Labute approximate surface area is 96.6 Å². The van der Waals surface area contributed by atoms with Gasteiger partial charge in [-0.3, -0.25) is 0 Å². The third-order valence-electron chi connectivity index (χ3n) is 2.25. The quantitative estimate of drug-likeness (QED) is 0.630. The van der Waals surface area contributed by atoms with Crippen LogP contribution in [0.1, 0.15) is 10.4 Å². The number of rotatable bonds is 2. The van der Waals surface area contributed by atoms with Crippen molar-refractivity contribution in [1.82, 2.24) is 9.78 Å². The number of carbonyl (C=O) groups excluding carboxylic acids is 1. The van der Waals surface area contributed by atoms with Crippen molar-refractivity contribution >= 4 is 11.7 Å². The SMILES string of the molecule is COC(=O)c1cnn(-c2ccc(N)c(F)c2)c1. The molecule has 0 aliphatic heterocycles. The van der Waals surface area contributed by atoms with Crippen molar-refractivity contribution in [1.29, 1.82) is 0 Å². The number of aromatic nitrogens is 2. The van der Waals surface area contributed by atoms with Gasteiger partial charge in [-0.1, -0.05) is 0 Å². The Morgan fingerprint density at radius 3 is 2.94 bits per heavy atom. The molecule has 0 unspecified atom stereocenters. The number of halogens is 1. The van der Waals surface area contributed by atoms with E-state index in [1.54, 1.807) is 6.07 Å². The lowest BCUT2D eigenvalue weighted by atomic mass is 10.2. The Bertz CT molecular complexity index is 566. The average molecular weight is 235 g/mol. The number of nitrogen functional groups attached to an aromatic ring is 1. The molecule has 0 spiro atoms. The summed E-state index contributed by atoms with van der Waals surface area (Å²) in [6.45, 7) is 0. The van der Waals surface area contributed by atoms with Gasteiger partial charge in [0.25, 0.3) is 0 Å². The topological polar surface area (TPSA) is 70.1 Å². The van der Waals surface area contributed by atoms with Gasteiger partial charge in [0.05, 0.1) is 30.2 Å². The molecule has 1 aromatic heterocycles. The molecule has 2 aromatic rings. The van der Waals surface area contributed by atoms with E-state index in [0.717, 1.165) is 0 Å². The van der Waals surface area contributed by atoms with Crippen LogP contribution >= 0.6 is 0 Å². The zero-order chi connectivity index (χ0) is 12.4. The number of anilines is 1. The van der Waals surface area contributed by atoms with E-state index >= 15 is 0 Å². The lowest BCUT2D eigenvalue weighted by molar-refractivity contribution is 0.0600. The first-order valence-electron chi connectivity index (χ1n) is 4.80. The molecule has 0 bridgehead atoms. The Morgan fingerprint density at radius 1 is 1.53 bits per heavy atom. The zero-order valence-electron chi connectivity index (χ0n) is 9.05. The van der Waals surface area contributed by atoms with Crippen molar-refractivity contribution in [3.8, 4) is 5.69 Å². The van der Waals surface area contributed by atoms with Crippen LogP contribution < -0.4 is 5.73 Å². The average Bonchev–Trinajstić information content (AvgIpc) is 2.81. The van der Waals surface area contributed by atoms with Crippen LogP contribution in [-0.2, 0) is 4.74 Å². The van der Waals surface area contributed by atoms with E-state index in [9.17, 15) is 9.18 Å². The van der Waals surface area contributed by atoms with Crippen LogP contribution in [0.4, 0.5) is 10.1 Å². The number of nitrogens with two attached hydrogens (primary N) is 1. The third-order valence-corrected chi connectivity index (χ3v) is 2.25. The number of nitrogens with zero attached hydrogens (tertiary/aromatic N) is 2. The molecule has 0 saturated carbocycles. The summed E-state index contributed by atoms with van der Waals surface area (Å²) in [4.78, 5) is 11.2. The Kier molecular flexibility index (Phi) is 2.78. The molecule has 1 heterocycles. The van der Waals surface area contributed by atoms with E-state index in [-0.39, 0.29) is 5.69 Å². The molecular weight excluding hydrogens is 225 g/mol. The van der Waals surface area contributed by atoms with Gasteiger partial charge in [0.1, 0.15) is 5.82 Å². The first-order chi connectivity index (χ1) is 8.11. The first-order valence-corrected chi connectivity index (χ1v) is 4.80. The molecule has 0 aliphatic carbocycles. The minimum absolute atomic E-state index is 0.0640. The molecule has 0 radical (unpaired) electrons. The largest absolute Gasteiger partial charge is 0.465 e. The van der Waals surface area contributed by atoms with Crippen LogP contribution in [0.15, 0.2) is 30.6 Å². The highest BCUT2D eigenvalue weighted by Gasteiger charge is 2.09. The lowest BCUT2D eigenvalue weighted by Crippen LogP contribution is -2.00. The summed E-state index contributed by atoms with van der Waals surface area (Å²) in [6.07, 6.45) is 2.80. The van der Waals surface area contributed by atoms with Gasteiger partial charge in [0, 0.05) is 12.3 Å². The highest BCUT2D eigenvalue weighted by molar-refractivity contribution is 5.88. The van der Waals surface area contributed by atoms with Crippen LogP contribution in [0.3, 0.4) is 0 Å². The van der Waals surface area contributed by atoms with Crippen molar-refractivity contribution in [3.63, 3.8) is 0 Å². The fourth-order valence-electron chi connectivity index (χ4n) is 1.35. The van der Waals surface area contributed by atoms with Gasteiger partial charge in [-0.05, 0) is 12.1 Å². The van der Waals surface area contributed by atoms with Crippen molar-refractivity contribution in [2.45, 2.75) is 0 Å². The number of benzene rings is 1. The molecule has 1 aromatic carbocycles. The van der Waals surface area contributed by atoms with Crippen molar-refractivity contribution in [2.24, 2.45) is 0 Å². The number of hydrogen-bond acceptors (Lipinski definition) is 4. The van der Waals surface area contributed by atoms with Crippen LogP contribution in [0.25, 0.3) is 5.69 Å². The van der Waals surface area contributed by atoms with Gasteiger partial charge >= 0.3 is 5.97 Å². The molecule has 0 amide bonds. The summed E-state index contributed by atoms with van der Waals surface area (Å²) in [5.41, 5.74) is 6.20. The van der Waals surface area contributed by atoms with E-state index in [1.165, 1.54) is 36.3 Å². The lowest BCUT2D eigenvalue weighted by Gasteiger charge is -2.02. The summed E-state index contributed by atoms with van der Waals surface area (Å²) in [7, 11) is 1.28. The number of carbonyl (C=O) groups is 1. The maximum Gasteiger partial charge on any atom is 0.341 e. The fourth-order valence-corrected chi connectivity index (χ4v) is 1.35. The summed E-state index contributed by atoms with van der Waals surface area (Å²) >= 11 is 0. The van der Waals surface area contributed by atoms with Gasteiger partial charge in [-0.25, -0.2) is 13.9 Å². The van der Waals surface area contributed by atoms with Crippen molar-refractivity contribution in [3.05, 3.63) is 42.0 Å². The zero-order valence-corrected chi connectivity index (χ0v) is 9.05. The van der Waals surface area contributed by atoms with Crippen LogP contribution in [0.5, 0.6) is 0 Å². The first kappa shape index (κ1) is 11.1. The molecule has 5 nitrogen and oxygen atoms in total. The second kappa shape index (κ2) is 4.25. The third kappa shape index (κ3) is 2.10. The van der Waals surface area contributed by atoms with Gasteiger partial charge in [0.2, 0.25) is 0 Å². The van der Waals surface area contributed by atoms with E-state index in [2.05, 4.69) is 9.84 Å². The monoisotopic (exact) mass is 235 g/mol. The van der Waals surface area contributed by atoms with Gasteiger partial charge in [-0.2, -0.15) is 5.10 Å². The molecule has 88 valence electrons. The summed E-state index contributed by atoms with van der Waals surface area (Å²) in [6, 6.07) is 4.28. The van der Waals surface area contributed by atoms with Gasteiger partial charge in [0.15, 0.2) is 0 Å². The minimum Gasteiger partial charge on any atom is -0.465 e. The molecule has 2 rings (SSSR count). The summed E-state index contributed by atoms with van der Waals surface area (Å²) in [5, 5.41) is 3.93.